The third kappa shape index (κ3) is 2.69. The zero-order valence-electron chi connectivity index (χ0n) is 11.8. The van der Waals surface area contributed by atoms with Crippen molar-refractivity contribution in [3.63, 3.8) is 0 Å². The van der Waals surface area contributed by atoms with Crippen molar-refractivity contribution in [2.45, 2.75) is 20.3 Å². The van der Waals surface area contributed by atoms with Crippen LogP contribution < -0.4 is 4.74 Å². The number of rotatable bonds is 0. The second-order valence-corrected chi connectivity index (χ2v) is 5.17. The third-order valence-corrected chi connectivity index (χ3v) is 3.45. The average molecular weight is 266 g/mol. The van der Waals surface area contributed by atoms with E-state index in [9.17, 15) is 0 Å². The molecule has 2 heterocycles. The van der Waals surface area contributed by atoms with Gasteiger partial charge in [0, 0.05) is 11.8 Å². The Morgan fingerprint density at radius 3 is 2.60 bits per heavy atom. The fourth-order valence-corrected chi connectivity index (χ4v) is 2.40. The molecule has 0 unspecified atom stereocenters. The molecule has 0 saturated heterocycles. The summed E-state index contributed by atoms with van der Waals surface area (Å²) in [5, 5.41) is 1.18. The Labute approximate surface area is 119 Å². The lowest BCUT2D eigenvalue weighted by Gasteiger charge is -1.97. The van der Waals surface area contributed by atoms with Gasteiger partial charge in [-0.25, -0.2) is 0 Å². The molecule has 0 bridgehead atoms. The molecule has 0 radical (unpaired) electrons. The van der Waals surface area contributed by atoms with Crippen LogP contribution in [0.5, 0.6) is 5.75 Å². The van der Waals surface area contributed by atoms with Crippen LogP contribution in [0.3, 0.4) is 0 Å². The minimum Gasteiger partial charge on any atom is -0.493 e. The number of benzene rings is 2. The van der Waals surface area contributed by atoms with E-state index >= 15 is 0 Å². The summed E-state index contributed by atoms with van der Waals surface area (Å²) < 4.78 is 10.5. The molecular weight excluding hydrogens is 248 g/mol. The van der Waals surface area contributed by atoms with Gasteiger partial charge in [-0.05, 0) is 43.7 Å². The van der Waals surface area contributed by atoms with Crippen molar-refractivity contribution in [1.29, 1.82) is 0 Å². The van der Waals surface area contributed by atoms with Crippen LogP contribution in [0.2, 0.25) is 0 Å². The number of hydrogen-bond donors (Lipinski definition) is 0. The van der Waals surface area contributed by atoms with E-state index in [1.165, 1.54) is 22.1 Å². The summed E-state index contributed by atoms with van der Waals surface area (Å²) >= 11 is 0. The minimum atomic E-state index is 0.860. The summed E-state index contributed by atoms with van der Waals surface area (Å²) in [7, 11) is 0. The van der Waals surface area contributed by atoms with Gasteiger partial charge >= 0.3 is 0 Å². The standard InChI is InChI=1S/C9H10O.C9H8O/c2*1-7-2-3-9-8(6-7)4-5-10-9/h2-3,6H,4-5H2,1H3;2-6H,1H3. The van der Waals surface area contributed by atoms with Crippen LogP contribution in [-0.2, 0) is 6.42 Å². The highest BCUT2D eigenvalue weighted by atomic mass is 16.5. The molecule has 4 rings (SSSR count). The molecule has 0 atom stereocenters. The maximum absolute atomic E-state index is 5.35. The lowest BCUT2D eigenvalue weighted by atomic mass is 10.1. The average Bonchev–Trinajstić information content (AvgIpc) is 3.06. The van der Waals surface area contributed by atoms with Gasteiger partial charge in [0.2, 0.25) is 0 Å². The van der Waals surface area contributed by atoms with Gasteiger partial charge in [0.15, 0.2) is 0 Å². The highest BCUT2D eigenvalue weighted by Crippen LogP contribution is 2.25. The first-order valence-electron chi connectivity index (χ1n) is 6.88. The molecule has 0 saturated carbocycles. The Morgan fingerprint density at radius 1 is 0.900 bits per heavy atom. The van der Waals surface area contributed by atoms with Crippen LogP contribution >= 0.6 is 0 Å². The molecule has 0 N–H and O–H groups in total. The summed E-state index contributed by atoms with van der Waals surface area (Å²) in [5.41, 5.74) is 4.92. The monoisotopic (exact) mass is 266 g/mol. The molecule has 2 aromatic carbocycles. The fraction of sp³-hybridized carbons (Fsp3) is 0.222. The zero-order valence-corrected chi connectivity index (χ0v) is 11.8. The maximum Gasteiger partial charge on any atom is 0.133 e. The minimum absolute atomic E-state index is 0.860. The molecule has 0 aliphatic carbocycles. The van der Waals surface area contributed by atoms with Gasteiger partial charge in [0.1, 0.15) is 11.3 Å². The number of fused-ring (bicyclic) bond motifs is 2. The van der Waals surface area contributed by atoms with Gasteiger partial charge in [-0.3, -0.25) is 0 Å². The van der Waals surface area contributed by atoms with E-state index in [0.717, 1.165) is 24.4 Å². The quantitative estimate of drug-likeness (QED) is 0.590. The van der Waals surface area contributed by atoms with Gasteiger partial charge < -0.3 is 9.15 Å². The number of hydrogen-bond acceptors (Lipinski definition) is 2. The molecule has 1 aromatic heterocycles. The van der Waals surface area contributed by atoms with E-state index < -0.39 is 0 Å². The molecule has 2 heteroatoms. The largest absolute Gasteiger partial charge is 0.493 e. The van der Waals surface area contributed by atoms with Crippen LogP contribution in [0.4, 0.5) is 0 Å². The van der Waals surface area contributed by atoms with Crippen molar-refractivity contribution in [3.05, 3.63) is 65.4 Å². The summed E-state index contributed by atoms with van der Waals surface area (Å²) in [6.45, 7) is 5.05. The van der Waals surface area contributed by atoms with Crippen LogP contribution in [0, 0.1) is 13.8 Å². The van der Waals surface area contributed by atoms with Gasteiger partial charge in [-0.1, -0.05) is 29.3 Å². The van der Waals surface area contributed by atoms with E-state index in [4.69, 9.17) is 9.15 Å². The Morgan fingerprint density at radius 2 is 1.70 bits per heavy atom. The van der Waals surface area contributed by atoms with Gasteiger partial charge in [0.25, 0.3) is 0 Å². The first-order chi connectivity index (χ1) is 9.72. The lowest BCUT2D eigenvalue weighted by molar-refractivity contribution is 0.357. The fourth-order valence-electron chi connectivity index (χ4n) is 2.40. The van der Waals surface area contributed by atoms with E-state index in [1.54, 1.807) is 6.26 Å². The summed E-state index contributed by atoms with van der Waals surface area (Å²) in [6.07, 6.45) is 2.79. The summed E-state index contributed by atoms with van der Waals surface area (Å²) in [5.74, 6) is 1.07. The molecular formula is C18H18O2. The SMILES string of the molecule is Cc1ccc2c(c1)CCO2.Cc1ccc2occc2c1. The number of aryl methyl sites for hydroxylation is 2. The van der Waals surface area contributed by atoms with E-state index in [0.29, 0.717) is 0 Å². The normalized spacial score (nSPS) is 12.5. The molecule has 1 aliphatic rings. The predicted molar refractivity (Wildman–Crippen MR) is 81.3 cm³/mol. The van der Waals surface area contributed by atoms with Crippen LogP contribution in [0.15, 0.2) is 53.1 Å². The van der Waals surface area contributed by atoms with Crippen molar-refractivity contribution in [3.8, 4) is 5.75 Å². The van der Waals surface area contributed by atoms with Crippen molar-refractivity contribution in [2.24, 2.45) is 0 Å². The second kappa shape index (κ2) is 5.41. The first kappa shape index (κ1) is 12.8. The van der Waals surface area contributed by atoms with E-state index in [-0.39, 0.29) is 0 Å². The van der Waals surface area contributed by atoms with Gasteiger partial charge in [0.05, 0.1) is 12.9 Å². The molecule has 1 aliphatic heterocycles. The first-order valence-corrected chi connectivity index (χ1v) is 6.88. The molecule has 0 fully saturated rings. The second-order valence-electron chi connectivity index (χ2n) is 5.17. The molecule has 0 amide bonds. The Balaban J connectivity index is 0.000000121. The van der Waals surface area contributed by atoms with E-state index in [2.05, 4.69) is 38.1 Å². The molecule has 20 heavy (non-hydrogen) atoms. The lowest BCUT2D eigenvalue weighted by Crippen LogP contribution is -1.85. The Hall–Kier alpha value is -2.22. The smallest absolute Gasteiger partial charge is 0.133 e. The number of ether oxygens (including phenoxy) is 1. The molecule has 3 aromatic rings. The van der Waals surface area contributed by atoms with Crippen LogP contribution in [0.1, 0.15) is 16.7 Å². The Kier molecular flexibility index (Phi) is 3.46. The topological polar surface area (TPSA) is 22.4 Å². The summed E-state index contributed by atoms with van der Waals surface area (Å²) in [6, 6.07) is 14.5. The van der Waals surface area contributed by atoms with Gasteiger partial charge in [-0.15, -0.1) is 0 Å². The highest BCUT2D eigenvalue weighted by Gasteiger charge is 2.10. The highest BCUT2D eigenvalue weighted by molar-refractivity contribution is 5.77. The van der Waals surface area contributed by atoms with Crippen molar-refractivity contribution >= 4 is 11.0 Å². The Bertz CT molecular complexity index is 725. The van der Waals surface area contributed by atoms with Crippen molar-refractivity contribution < 1.29 is 9.15 Å². The van der Waals surface area contributed by atoms with E-state index in [1.807, 2.05) is 18.2 Å². The summed E-state index contributed by atoms with van der Waals surface area (Å²) in [4.78, 5) is 0. The number of furan rings is 1. The zero-order chi connectivity index (χ0) is 13.9. The third-order valence-electron chi connectivity index (χ3n) is 3.45. The molecule has 2 nitrogen and oxygen atoms in total. The maximum atomic E-state index is 5.35. The van der Waals surface area contributed by atoms with Gasteiger partial charge in [-0.2, -0.15) is 0 Å². The molecule has 0 spiro atoms. The predicted octanol–water partition coefficient (Wildman–Crippen LogP) is 4.67. The van der Waals surface area contributed by atoms with Crippen LogP contribution in [0.25, 0.3) is 11.0 Å². The van der Waals surface area contributed by atoms with Crippen molar-refractivity contribution in [2.75, 3.05) is 6.61 Å². The molecule has 102 valence electrons. The van der Waals surface area contributed by atoms with Crippen molar-refractivity contribution in [1.82, 2.24) is 0 Å². The van der Waals surface area contributed by atoms with Crippen LogP contribution in [-0.4, -0.2) is 6.61 Å².